The number of ether oxygens (including phenoxy) is 2. The van der Waals surface area contributed by atoms with E-state index in [0.717, 1.165) is 44.2 Å². The van der Waals surface area contributed by atoms with Crippen molar-refractivity contribution in [3.05, 3.63) is 60.2 Å². The Labute approximate surface area is 168 Å². The molecule has 1 aliphatic heterocycles. The molecule has 0 spiro atoms. The number of para-hydroxylation sites is 2. The highest BCUT2D eigenvalue weighted by molar-refractivity contribution is 5.58. The van der Waals surface area contributed by atoms with E-state index < -0.39 is 6.10 Å². The number of anilines is 1. The van der Waals surface area contributed by atoms with E-state index in [2.05, 4.69) is 48.2 Å². The number of methoxy groups -OCH3 is 1. The van der Waals surface area contributed by atoms with Crippen LogP contribution < -0.4 is 14.5 Å². The van der Waals surface area contributed by atoms with Gasteiger partial charge in [-0.05, 0) is 17.7 Å². The van der Waals surface area contributed by atoms with Crippen molar-refractivity contribution in [2.45, 2.75) is 18.9 Å². The molecule has 28 heavy (non-hydrogen) atoms. The quantitative estimate of drug-likeness (QED) is 0.688. The van der Waals surface area contributed by atoms with Crippen molar-refractivity contribution >= 4 is 5.69 Å². The van der Waals surface area contributed by atoms with Crippen LogP contribution in [0.1, 0.15) is 18.4 Å². The Kier molecular flexibility index (Phi) is 7.71. The molecule has 5 heteroatoms. The van der Waals surface area contributed by atoms with Crippen molar-refractivity contribution in [1.29, 1.82) is 0 Å². The molecule has 0 radical (unpaired) electrons. The number of nitrogens with one attached hydrogen (secondary N) is 1. The smallest absolute Gasteiger partial charge is 0.142 e. The molecule has 2 aromatic carbocycles. The first-order valence-corrected chi connectivity index (χ1v) is 10.2. The molecule has 152 valence electrons. The topological polar surface area (TPSA) is 46.4 Å². The van der Waals surface area contributed by atoms with Crippen LogP contribution in [0.2, 0.25) is 0 Å². The normalized spacial score (nSPS) is 17.3. The average molecular weight is 386 g/mol. The molecule has 1 fully saturated rings. The van der Waals surface area contributed by atoms with Gasteiger partial charge < -0.3 is 24.4 Å². The summed E-state index contributed by atoms with van der Waals surface area (Å²) in [6.45, 7) is 7.88. The largest absolute Gasteiger partial charge is 0.495 e. The summed E-state index contributed by atoms with van der Waals surface area (Å²) in [5.41, 5.74) is 2.43. The summed E-state index contributed by atoms with van der Waals surface area (Å²) >= 11 is 0. The fraction of sp³-hybridized carbons (Fsp3) is 0.478. The first kappa shape index (κ1) is 20.6. The number of hydrogen-bond donors (Lipinski definition) is 2. The first-order valence-electron chi connectivity index (χ1n) is 10.2. The van der Waals surface area contributed by atoms with E-state index in [9.17, 15) is 5.11 Å². The zero-order valence-electron chi connectivity index (χ0n) is 17.0. The molecular formula is C23H33N2O3+. The van der Waals surface area contributed by atoms with E-state index >= 15 is 0 Å². The van der Waals surface area contributed by atoms with E-state index in [1.165, 1.54) is 10.5 Å². The Morgan fingerprint density at radius 3 is 2.39 bits per heavy atom. The predicted molar refractivity (Wildman–Crippen MR) is 112 cm³/mol. The summed E-state index contributed by atoms with van der Waals surface area (Å²) in [5.74, 6) is 1.26. The van der Waals surface area contributed by atoms with Crippen LogP contribution in [0.3, 0.4) is 0 Å². The molecule has 2 atom stereocenters. The van der Waals surface area contributed by atoms with E-state index in [4.69, 9.17) is 9.47 Å². The van der Waals surface area contributed by atoms with Crippen LogP contribution >= 0.6 is 0 Å². The summed E-state index contributed by atoms with van der Waals surface area (Å²) in [6.07, 6.45) is -0.421. The average Bonchev–Trinajstić information content (AvgIpc) is 2.75. The van der Waals surface area contributed by atoms with Crippen molar-refractivity contribution in [3.63, 3.8) is 0 Å². The highest BCUT2D eigenvalue weighted by Gasteiger charge is 2.24. The van der Waals surface area contributed by atoms with Gasteiger partial charge in [-0.25, -0.2) is 0 Å². The van der Waals surface area contributed by atoms with Gasteiger partial charge >= 0.3 is 0 Å². The second-order valence-corrected chi connectivity index (χ2v) is 7.62. The third kappa shape index (κ3) is 5.71. The van der Waals surface area contributed by atoms with E-state index in [1.54, 1.807) is 7.11 Å². The summed E-state index contributed by atoms with van der Waals surface area (Å²) in [4.78, 5) is 3.80. The van der Waals surface area contributed by atoms with Gasteiger partial charge in [0.2, 0.25) is 0 Å². The van der Waals surface area contributed by atoms with Gasteiger partial charge in [-0.1, -0.05) is 49.4 Å². The molecule has 0 aromatic heterocycles. The van der Waals surface area contributed by atoms with Crippen molar-refractivity contribution < 1.29 is 19.5 Å². The maximum atomic E-state index is 10.4. The first-order chi connectivity index (χ1) is 13.7. The Morgan fingerprint density at radius 2 is 1.68 bits per heavy atom. The number of aliphatic hydroxyl groups excluding tert-OH is 1. The summed E-state index contributed by atoms with van der Waals surface area (Å²) in [5, 5.41) is 10.4. The number of aliphatic hydroxyl groups is 1. The molecule has 0 saturated carbocycles. The van der Waals surface area contributed by atoms with Gasteiger partial charge in [0.15, 0.2) is 0 Å². The lowest BCUT2D eigenvalue weighted by Gasteiger charge is -2.35. The lowest BCUT2D eigenvalue weighted by molar-refractivity contribution is -0.903. The monoisotopic (exact) mass is 385 g/mol. The van der Waals surface area contributed by atoms with Crippen molar-refractivity contribution in [3.8, 4) is 5.75 Å². The van der Waals surface area contributed by atoms with Gasteiger partial charge in [0.05, 0.1) is 52.2 Å². The molecule has 2 aromatic rings. The number of piperazine rings is 1. The Balaban J connectivity index is 1.37. The third-order valence-corrected chi connectivity index (χ3v) is 5.47. The zero-order chi connectivity index (χ0) is 19.8. The van der Waals surface area contributed by atoms with Crippen LogP contribution in [0.5, 0.6) is 5.75 Å². The molecule has 2 N–H and O–H groups in total. The number of rotatable bonds is 9. The molecule has 0 amide bonds. The van der Waals surface area contributed by atoms with Gasteiger partial charge in [-0.15, -0.1) is 0 Å². The summed E-state index contributed by atoms with van der Waals surface area (Å²) in [6, 6.07) is 18.5. The molecule has 0 aliphatic carbocycles. The van der Waals surface area contributed by atoms with Crippen molar-refractivity contribution in [2.24, 2.45) is 0 Å². The van der Waals surface area contributed by atoms with Crippen LogP contribution in [0.15, 0.2) is 54.6 Å². The predicted octanol–water partition coefficient (Wildman–Crippen LogP) is 1.58. The van der Waals surface area contributed by atoms with Crippen molar-refractivity contribution in [1.82, 2.24) is 0 Å². The Bertz CT molecular complexity index is 702. The number of nitrogens with zero attached hydrogens (tertiary/aromatic N) is 1. The highest BCUT2D eigenvalue weighted by atomic mass is 16.5. The SMILES string of the molecule is COc1ccccc1N1CC[NH+](C[C@H](O)COC[C@@H](C)c2ccccc2)CC1. The molecule has 0 unspecified atom stereocenters. The second kappa shape index (κ2) is 10.5. The fourth-order valence-electron chi connectivity index (χ4n) is 3.81. The molecular weight excluding hydrogens is 352 g/mol. The van der Waals surface area contributed by atoms with E-state index in [1.807, 2.05) is 18.2 Å². The van der Waals surface area contributed by atoms with Crippen molar-refractivity contribution in [2.75, 3.05) is 57.9 Å². The Hall–Kier alpha value is -2.08. The van der Waals surface area contributed by atoms with Crippen LogP contribution in [-0.2, 0) is 4.74 Å². The number of hydrogen-bond acceptors (Lipinski definition) is 4. The van der Waals surface area contributed by atoms with Gasteiger partial charge in [-0.2, -0.15) is 0 Å². The third-order valence-electron chi connectivity index (χ3n) is 5.47. The van der Waals surface area contributed by atoms with E-state index in [0.29, 0.717) is 19.1 Å². The van der Waals surface area contributed by atoms with Crippen LogP contribution in [-0.4, -0.2) is 64.3 Å². The van der Waals surface area contributed by atoms with Gasteiger partial charge in [-0.3, -0.25) is 0 Å². The maximum absolute atomic E-state index is 10.4. The molecule has 5 nitrogen and oxygen atoms in total. The molecule has 1 heterocycles. The minimum absolute atomic E-state index is 0.338. The lowest BCUT2D eigenvalue weighted by Crippen LogP contribution is -3.16. The summed E-state index contributed by atoms with van der Waals surface area (Å²) < 4.78 is 11.3. The number of benzene rings is 2. The van der Waals surface area contributed by atoms with E-state index in [-0.39, 0.29) is 0 Å². The van der Waals surface area contributed by atoms with Gasteiger partial charge in [0.1, 0.15) is 18.4 Å². The molecule has 0 bridgehead atoms. The van der Waals surface area contributed by atoms with Crippen LogP contribution in [0, 0.1) is 0 Å². The maximum Gasteiger partial charge on any atom is 0.142 e. The standard InChI is InChI=1S/C23H32N2O3/c1-19(20-8-4-3-5-9-20)17-28-18-21(26)16-24-12-14-25(15-13-24)22-10-6-7-11-23(22)27-2/h3-11,19,21,26H,12-18H2,1-2H3/p+1/t19-,21+/m1/s1. The molecule has 3 rings (SSSR count). The minimum atomic E-state index is -0.421. The zero-order valence-corrected chi connectivity index (χ0v) is 17.0. The Morgan fingerprint density at radius 1 is 1.00 bits per heavy atom. The van der Waals surface area contributed by atoms with Crippen LogP contribution in [0.25, 0.3) is 0 Å². The number of quaternary nitrogens is 1. The highest BCUT2D eigenvalue weighted by Crippen LogP contribution is 2.27. The molecule has 1 saturated heterocycles. The fourth-order valence-corrected chi connectivity index (χ4v) is 3.81. The molecule has 1 aliphatic rings. The van der Waals surface area contributed by atoms with Crippen LogP contribution in [0.4, 0.5) is 5.69 Å². The van der Waals surface area contributed by atoms with Gasteiger partial charge in [0.25, 0.3) is 0 Å². The summed E-state index contributed by atoms with van der Waals surface area (Å²) in [7, 11) is 1.72. The van der Waals surface area contributed by atoms with Gasteiger partial charge in [0, 0.05) is 5.92 Å². The minimum Gasteiger partial charge on any atom is -0.495 e. The second-order valence-electron chi connectivity index (χ2n) is 7.62. The lowest BCUT2D eigenvalue weighted by atomic mass is 10.0.